The van der Waals surface area contributed by atoms with Crippen molar-refractivity contribution in [1.29, 1.82) is 0 Å². The van der Waals surface area contributed by atoms with Crippen LogP contribution in [-0.2, 0) is 10.9 Å². The summed E-state index contributed by atoms with van der Waals surface area (Å²) < 4.78 is 46.7. The first-order chi connectivity index (χ1) is 14.0. The summed E-state index contributed by atoms with van der Waals surface area (Å²) in [4.78, 5) is 4.74. The summed E-state index contributed by atoms with van der Waals surface area (Å²) in [5, 5.41) is 0. The maximum Gasteiger partial charge on any atom is 0.416 e. The van der Waals surface area contributed by atoms with Crippen LogP contribution < -0.4 is 0 Å². The van der Waals surface area contributed by atoms with E-state index in [1.165, 1.54) is 12.1 Å². The Kier molecular flexibility index (Phi) is 3.94. The number of imidazole rings is 1. The monoisotopic (exact) mass is 392 g/mol. The zero-order valence-electron chi connectivity index (χ0n) is 15.1. The van der Waals surface area contributed by atoms with E-state index in [0.29, 0.717) is 11.4 Å². The maximum atomic E-state index is 12.8. The topological polar surface area (TPSA) is 27.1 Å². The highest BCUT2D eigenvalue weighted by Crippen LogP contribution is 2.40. The molecule has 0 fully saturated rings. The molecule has 3 nitrogen and oxygen atoms in total. The molecule has 5 rings (SSSR count). The second-order valence-corrected chi connectivity index (χ2v) is 6.81. The van der Waals surface area contributed by atoms with Crippen LogP contribution in [-0.4, -0.2) is 9.55 Å². The van der Waals surface area contributed by atoms with Crippen LogP contribution in [0.2, 0.25) is 0 Å². The third kappa shape index (κ3) is 3.06. The quantitative estimate of drug-likeness (QED) is 0.410. The normalized spacial score (nSPS) is 17.5. The zero-order chi connectivity index (χ0) is 20.0. The van der Waals surface area contributed by atoms with E-state index in [2.05, 4.69) is 0 Å². The van der Waals surface area contributed by atoms with Crippen molar-refractivity contribution in [3.8, 4) is 0 Å². The molecule has 0 saturated carbocycles. The van der Waals surface area contributed by atoms with Gasteiger partial charge >= 0.3 is 6.18 Å². The molecule has 0 amide bonds. The number of para-hydroxylation sites is 2. The highest BCUT2D eigenvalue weighted by molar-refractivity contribution is 5.84. The van der Waals surface area contributed by atoms with Crippen molar-refractivity contribution in [3.63, 3.8) is 0 Å². The SMILES string of the molecule is FC(F)(F)c1ccc(/C=C2/OC(c3ccccc3)c3nc4ccccc4n32)cc1. The summed E-state index contributed by atoms with van der Waals surface area (Å²) in [7, 11) is 0. The lowest BCUT2D eigenvalue weighted by Crippen LogP contribution is -2.04. The molecule has 1 aliphatic rings. The number of aromatic nitrogens is 2. The first-order valence-electron chi connectivity index (χ1n) is 9.09. The minimum atomic E-state index is -4.36. The lowest BCUT2D eigenvalue weighted by molar-refractivity contribution is -0.137. The molecule has 6 heteroatoms. The van der Waals surface area contributed by atoms with Crippen molar-refractivity contribution in [2.75, 3.05) is 0 Å². The molecule has 0 radical (unpaired) electrons. The van der Waals surface area contributed by atoms with E-state index in [9.17, 15) is 13.2 Å². The Morgan fingerprint density at radius 3 is 2.28 bits per heavy atom. The van der Waals surface area contributed by atoms with Gasteiger partial charge < -0.3 is 4.74 Å². The van der Waals surface area contributed by atoms with E-state index < -0.39 is 11.7 Å². The summed E-state index contributed by atoms with van der Waals surface area (Å²) in [5.74, 6) is 1.28. The molecule has 1 unspecified atom stereocenters. The number of hydrogen-bond donors (Lipinski definition) is 0. The van der Waals surface area contributed by atoms with E-state index in [-0.39, 0.29) is 6.10 Å². The number of hydrogen-bond acceptors (Lipinski definition) is 2. The molecular weight excluding hydrogens is 377 g/mol. The number of alkyl halides is 3. The van der Waals surface area contributed by atoms with Gasteiger partial charge in [0.15, 0.2) is 11.9 Å². The van der Waals surface area contributed by atoms with Crippen molar-refractivity contribution in [2.24, 2.45) is 0 Å². The average molecular weight is 392 g/mol. The number of rotatable bonds is 2. The smallest absolute Gasteiger partial charge is 0.416 e. The highest BCUT2D eigenvalue weighted by atomic mass is 19.4. The highest BCUT2D eigenvalue weighted by Gasteiger charge is 2.33. The minimum absolute atomic E-state index is 0.385. The number of halogens is 3. The molecule has 0 bridgehead atoms. The van der Waals surface area contributed by atoms with Gasteiger partial charge in [0, 0.05) is 11.6 Å². The van der Waals surface area contributed by atoms with Crippen LogP contribution in [0.15, 0.2) is 78.9 Å². The number of ether oxygens (including phenoxy) is 1. The van der Waals surface area contributed by atoms with Crippen LogP contribution in [0, 0.1) is 0 Å². The Morgan fingerprint density at radius 1 is 0.862 bits per heavy atom. The fourth-order valence-electron chi connectivity index (χ4n) is 3.53. The summed E-state index contributed by atoms with van der Waals surface area (Å²) in [6, 6.07) is 22.5. The van der Waals surface area contributed by atoms with Gasteiger partial charge in [-0.15, -0.1) is 0 Å². The summed E-state index contributed by atoms with van der Waals surface area (Å²) in [5.41, 5.74) is 2.62. The molecule has 0 N–H and O–H groups in total. The van der Waals surface area contributed by atoms with Gasteiger partial charge in [-0.1, -0.05) is 54.6 Å². The molecule has 1 aromatic heterocycles. The molecule has 0 aliphatic carbocycles. The van der Waals surface area contributed by atoms with Gasteiger partial charge in [-0.05, 0) is 29.8 Å². The molecule has 3 aromatic carbocycles. The summed E-state index contributed by atoms with van der Waals surface area (Å²) in [6.45, 7) is 0. The Balaban J connectivity index is 1.62. The van der Waals surface area contributed by atoms with Crippen LogP contribution in [0.5, 0.6) is 0 Å². The largest absolute Gasteiger partial charge is 0.462 e. The number of fused-ring (bicyclic) bond motifs is 3. The summed E-state index contributed by atoms with van der Waals surface area (Å²) in [6.07, 6.45) is -3.01. The molecule has 0 saturated heterocycles. The van der Waals surface area contributed by atoms with Crippen LogP contribution >= 0.6 is 0 Å². The molecule has 2 heterocycles. The third-order valence-corrected chi connectivity index (χ3v) is 4.91. The summed E-state index contributed by atoms with van der Waals surface area (Å²) >= 11 is 0. The Labute approximate surface area is 164 Å². The van der Waals surface area contributed by atoms with E-state index in [1.54, 1.807) is 6.08 Å². The molecule has 1 aliphatic heterocycles. The van der Waals surface area contributed by atoms with Gasteiger partial charge in [0.2, 0.25) is 5.88 Å². The van der Waals surface area contributed by atoms with Gasteiger partial charge in [0.05, 0.1) is 16.6 Å². The minimum Gasteiger partial charge on any atom is -0.462 e. The van der Waals surface area contributed by atoms with Crippen LogP contribution in [0.25, 0.3) is 23.0 Å². The number of nitrogens with zero attached hydrogens (tertiary/aromatic N) is 2. The first kappa shape index (κ1) is 17.6. The van der Waals surface area contributed by atoms with Crippen LogP contribution in [0.4, 0.5) is 13.2 Å². The van der Waals surface area contributed by atoms with Crippen molar-refractivity contribution >= 4 is 23.0 Å². The van der Waals surface area contributed by atoms with E-state index in [1.807, 2.05) is 59.2 Å². The van der Waals surface area contributed by atoms with Gasteiger partial charge in [-0.2, -0.15) is 13.2 Å². The van der Waals surface area contributed by atoms with E-state index in [0.717, 1.165) is 34.6 Å². The first-order valence-corrected chi connectivity index (χ1v) is 9.09. The average Bonchev–Trinajstić information content (AvgIpc) is 3.26. The van der Waals surface area contributed by atoms with Gasteiger partial charge in [0.25, 0.3) is 0 Å². The third-order valence-electron chi connectivity index (χ3n) is 4.91. The predicted octanol–water partition coefficient (Wildman–Crippen LogP) is 6.13. The predicted molar refractivity (Wildman–Crippen MR) is 105 cm³/mol. The van der Waals surface area contributed by atoms with Crippen molar-refractivity contribution in [3.05, 3.63) is 101 Å². The number of benzene rings is 3. The fraction of sp³-hybridized carbons (Fsp3) is 0.0870. The molecule has 4 aromatic rings. The lowest BCUT2D eigenvalue weighted by Gasteiger charge is -2.10. The van der Waals surface area contributed by atoms with Gasteiger partial charge in [-0.25, -0.2) is 4.98 Å². The van der Waals surface area contributed by atoms with Gasteiger partial charge in [-0.3, -0.25) is 4.57 Å². The molecular formula is C23H15F3N2O. The molecule has 29 heavy (non-hydrogen) atoms. The van der Waals surface area contributed by atoms with Crippen molar-refractivity contribution in [1.82, 2.24) is 9.55 Å². The Bertz CT molecular complexity index is 1210. The van der Waals surface area contributed by atoms with E-state index in [4.69, 9.17) is 9.72 Å². The van der Waals surface area contributed by atoms with Gasteiger partial charge in [0.1, 0.15) is 0 Å². The second kappa shape index (κ2) is 6.51. The van der Waals surface area contributed by atoms with E-state index >= 15 is 0 Å². The molecule has 144 valence electrons. The van der Waals surface area contributed by atoms with Crippen molar-refractivity contribution < 1.29 is 17.9 Å². The zero-order valence-corrected chi connectivity index (χ0v) is 15.1. The van der Waals surface area contributed by atoms with Crippen LogP contribution in [0.1, 0.15) is 28.6 Å². The second-order valence-electron chi connectivity index (χ2n) is 6.81. The van der Waals surface area contributed by atoms with Crippen LogP contribution in [0.3, 0.4) is 0 Å². The lowest BCUT2D eigenvalue weighted by atomic mass is 10.1. The standard InChI is InChI=1S/C23H15F3N2O/c24-23(25,26)17-12-10-15(11-13-17)14-20-28-19-9-5-4-8-18(19)27-22(28)21(29-20)16-6-2-1-3-7-16/h1-14,21H/b20-14+. The Morgan fingerprint density at radius 2 is 1.55 bits per heavy atom. The van der Waals surface area contributed by atoms with Crippen molar-refractivity contribution in [2.45, 2.75) is 12.3 Å². The fourth-order valence-corrected chi connectivity index (χ4v) is 3.53. The Hall–Kier alpha value is -3.54. The molecule has 0 spiro atoms. The molecule has 1 atom stereocenters. The maximum absolute atomic E-state index is 12.8.